The fourth-order valence-corrected chi connectivity index (χ4v) is 3.40. The quantitative estimate of drug-likeness (QED) is 0.897. The van der Waals surface area contributed by atoms with Crippen molar-refractivity contribution in [2.45, 2.75) is 25.6 Å². The average molecular weight is 327 g/mol. The lowest BCUT2D eigenvalue weighted by Crippen LogP contribution is -2.41. The number of carbonyl (C=O) groups is 2. The van der Waals surface area contributed by atoms with Gasteiger partial charge in [-0.3, -0.25) is 9.59 Å². The van der Waals surface area contributed by atoms with Crippen LogP contribution in [0.25, 0.3) is 0 Å². The molecule has 0 radical (unpaired) electrons. The van der Waals surface area contributed by atoms with Gasteiger partial charge in [0.15, 0.2) is 0 Å². The Morgan fingerprint density at radius 3 is 2.96 bits per heavy atom. The van der Waals surface area contributed by atoms with Crippen LogP contribution >= 0.6 is 0 Å². The van der Waals surface area contributed by atoms with Gasteiger partial charge in [0.2, 0.25) is 0 Å². The fraction of sp³-hybridized carbons (Fsp3) is 0.353. The number of rotatable bonds is 2. The summed E-state index contributed by atoms with van der Waals surface area (Å²) >= 11 is 0. The van der Waals surface area contributed by atoms with Crippen molar-refractivity contribution < 1.29 is 19.4 Å². The van der Waals surface area contributed by atoms with E-state index in [0.29, 0.717) is 32.0 Å². The standard InChI is InChI=1S/C17H17N3O4/c21-16(14-7-18-15-10-24-6-5-20(14)15)19-8-11-3-1-2-4-12(11)13(9-19)17(22)23/h1-4,7,13H,5-6,8-10H2,(H,22,23). The molecule has 7 heteroatoms. The van der Waals surface area contributed by atoms with Gasteiger partial charge >= 0.3 is 5.97 Å². The Balaban J connectivity index is 1.66. The number of fused-ring (bicyclic) bond motifs is 2. The Morgan fingerprint density at radius 1 is 1.29 bits per heavy atom. The molecule has 0 aliphatic carbocycles. The van der Waals surface area contributed by atoms with E-state index in [2.05, 4.69) is 4.98 Å². The number of hydrogen-bond donors (Lipinski definition) is 1. The zero-order valence-corrected chi connectivity index (χ0v) is 13.0. The van der Waals surface area contributed by atoms with E-state index in [1.807, 2.05) is 28.8 Å². The van der Waals surface area contributed by atoms with Crippen LogP contribution in [0.3, 0.4) is 0 Å². The molecule has 0 fully saturated rings. The summed E-state index contributed by atoms with van der Waals surface area (Å²) in [6.07, 6.45) is 1.56. The highest BCUT2D eigenvalue weighted by Crippen LogP contribution is 2.29. The topological polar surface area (TPSA) is 84.7 Å². The summed E-state index contributed by atoms with van der Waals surface area (Å²) in [5.41, 5.74) is 2.17. The van der Waals surface area contributed by atoms with E-state index in [9.17, 15) is 14.7 Å². The van der Waals surface area contributed by atoms with Crippen LogP contribution in [-0.2, 0) is 29.2 Å². The smallest absolute Gasteiger partial charge is 0.312 e. The number of ether oxygens (including phenoxy) is 1. The SMILES string of the molecule is O=C(O)C1CN(C(=O)c2cnc3n2CCOC3)Cc2ccccc21. The van der Waals surface area contributed by atoms with Gasteiger partial charge in [-0.25, -0.2) is 4.98 Å². The van der Waals surface area contributed by atoms with E-state index in [4.69, 9.17) is 4.74 Å². The lowest BCUT2D eigenvalue weighted by Gasteiger charge is -2.33. The minimum absolute atomic E-state index is 0.169. The number of carbonyl (C=O) groups excluding carboxylic acids is 1. The fourth-order valence-electron chi connectivity index (χ4n) is 3.40. The number of carboxylic acids is 1. The zero-order valence-electron chi connectivity index (χ0n) is 13.0. The minimum atomic E-state index is -0.913. The molecule has 0 saturated heterocycles. The summed E-state index contributed by atoms with van der Waals surface area (Å²) in [6, 6.07) is 7.40. The van der Waals surface area contributed by atoms with Crippen LogP contribution in [0.4, 0.5) is 0 Å². The largest absolute Gasteiger partial charge is 0.481 e. The van der Waals surface area contributed by atoms with Crippen molar-refractivity contribution >= 4 is 11.9 Å². The van der Waals surface area contributed by atoms with Crippen molar-refractivity contribution in [2.75, 3.05) is 13.2 Å². The van der Waals surface area contributed by atoms with Gasteiger partial charge in [-0.1, -0.05) is 24.3 Å². The van der Waals surface area contributed by atoms with E-state index < -0.39 is 11.9 Å². The van der Waals surface area contributed by atoms with Gasteiger partial charge in [0.1, 0.15) is 18.1 Å². The van der Waals surface area contributed by atoms with Crippen LogP contribution in [-0.4, -0.2) is 44.6 Å². The first-order valence-corrected chi connectivity index (χ1v) is 7.87. The summed E-state index contributed by atoms with van der Waals surface area (Å²) in [5, 5.41) is 9.54. The number of hydrogen-bond acceptors (Lipinski definition) is 4. The molecule has 2 aliphatic rings. The monoisotopic (exact) mass is 327 g/mol. The van der Waals surface area contributed by atoms with Crippen LogP contribution in [0.15, 0.2) is 30.5 Å². The van der Waals surface area contributed by atoms with Crippen molar-refractivity contribution in [3.63, 3.8) is 0 Å². The molecule has 1 atom stereocenters. The molecule has 1 N–H and O–H groups in total. The van der Waals surface area contributed by atoms with E-state index in [1.165, 1.54) is 0 Å². The highest BCUT2D eigenvalue weighted by molar-refractivity contribution is 5.93. The van der Waals surface area contributed by atoms with Crippen LogP contribution in [0.5, 0.6) is 0 Å². The molecule has 1 unspecified atom stereocenters. The maximum absolute atomic E-state index is 12.9. The third-order valence-corrected chi connectivity index (χ3v) is 4.63. The third-order valence-electron chi connectivity index (χ3n) is 4.63. The molecule has 3 heterocycles. The summed E-state index contributed by atoms with van der Waals surface area (Å²) in [7, 11) is 0. The molecule has 2 aliphatic heterocycles. The summed E-state index contributed by atoms with van der Waals surface area (Å²) in [4.78, 5) is 30.4. The molecule has 1 aromatic heterocycles. The van der Waals surface area contributed by atoms with Gasteiger partial charge in [-0.2, -0.15) is 0 Å². The maximum atomic E-state index is 12.9. The molecule has 2 aromatic rings. The van der Waals surface area contributed by atoms with Crippen LogP contribution in [0.1, 0.15) is 33.4 Å². The lowest BCUT2D eigenvalue weighted by atomic mass is 9.89. The molecule has 124 valence electrons. The first-order valence-electron chi connectivity index (χ1n) is 7.87. The number of carboxylic acid groups (broad SMARTS) is 1. The van der Waals surface area contributed by atoms with Gasteiger partial charge < -0.3 is 19.3 Å². The van der Waals surface area contributed by atoms with Gasteiger partial charge in [-0.05, 0) is 11.1 Å². The summed E-state index contributed by atoms with van der Waals surface area (Å²) in [6.45, 7) is 2.11. The average Bonchev–Trinajstić information content (AvgIpc) is 3.04. The van der Waals surface area contributed by atoms with Crippen molar-refractivity contribution in [3.8, 4) is 0 Å². The first-order chi connectivity index (χ1) is 11.6. The van der Waals surface area contributed by atoms with Crippen LogP contribution in [0, 0.1) is 0 Å². The summed E-state index contributed by atoms with van der Waals surface area (Å²) in [5.74, 6) is -1.07. The van der Waals surface area contributed by atoms with Crippen molar-refractivity contribution in [1.82, 2.24) is 14.5 Å². The second-order valence-corrected chi connectivity index (χ2v) is 6.04. The minimum Gasteiger partial charge on any atom is -0.481 e. The summed E-state index contributed by atoms with van der Waals surface area (Å²) < 4.78 is 7.21. The van der Waals surface area contributed by atoms with Gasteiger partial charge in [0.05, 0.1) is 18.7 Å². The highest BCUT2D eigenvalue weighted by atomic mass is 16.5. The Bertz CT molecular complexity index is 814. The predicted molar refractivity (Wildman–Crippen MR) is 83.4 cm³/mol. The number of aliphatic carboxylic acids is 1. The lowest BCUT2D eigenvalue weighted by molar-refractivity contribution is -0.139. The zero-order chi connectivity index (χ0) is 16.7. The van der Waals surface area contributed by atoms with Gasteiger partial charge in [0, 0.05) is 19.6 Å². The molecule has 0 spiro atoms. The van der Waals surface area contributed by atoms with Crippen LogP contribution in [0.2, 0.25) is 0 Å². The van der Waals surface area contributed by atoms with Crippen molar-refractivity contribution in [2.24, 2.45) is 0 Å². The highest BCUT2D eigenvalue weighted by Gasteiger charge is 2.34. The van der Waals surface area contributed by atoms with Crippen LogP contribution < -0.4 is 0 Å². The second-order valence-electron chi connectivity index (χ2n) is 6.04. The Hall–Kier alpha value is -2.67. The molecule has 0 bridgehead atoms. The van der Waals surface area contributed by atoms with E-state index in [-0.39, 0.29) is 12.5 Å². The Labute approximate surface area is 138 Å². The molecule has 24 heavy (non-hydrogen) atoms. The molecule has 7 nitrogen and oxygen atoms in total. The second kappa shape index (κ2) is 5.76. The predicted octanol–water partition coefficient (Wildman–Crippen LogP) is 1.24. The molecular weight excluding hydrogens is 310 g/mol. The van der Waals surface area contributed by atoms with Gasteiger partial charge in [0.25, 0.3) is 5.91 Å². The number of amides is 1. The maximum Gasteiger partial charge on any atom is 0.312 e. The Kier molecular flexibility index (Phi) is 3.57. The number of benzene rings is 1. The molecule has 1 amide bonds. The number of nitrogens with zero attached hydrogens (tertiary/aromatic N) is 3. The molecule has 1 aromatic carbocycles. The Morgan fingerprint density at radius 2 is 2.12 bits per heavy atom. The van der Waals surface area contributed by atoms with E-state index in [1.54, 1.807) is 11.1 Å². The van der Waals surface area contributed by atoms with Gasteiger partial charge in [-0.15, -0.1) is 0 Å². The number of aromatic nitrogens is 2. The molecule has 4 rings (SSSR count). The van der Waals surface area contributed by atoms with Crippen molar-refractivity contribution in [1.29, 1.82) is 0 Å². The first kappa shape index (κ1) is 14.9. The third kappa shape index (κ3) is 2.37. The molecular formula is C17H17N3O4. The number of imidazole rings is 1. The normalized spacial score (nSPS) is 19.5. The van der Waals surface area contributed by atoms with E-state index >= 15 is 0 Å². The molecule has 0 saturated carbocycles. The van der Waals surface area contributed by atoms with Crippen molar-refractivity contribution in [3.05, 3.63) is 53.1 Å². The van der Waals surface area contributed by atoms with E-state index in [0.717, 1.165) is 17.0 Å².